The summed E-state index contributed by atoms with van der Waals surface area (Å²) in [6.45, 7) is -1.03. The molecular formula is C12H14F2N2O3. The molecule has 0 aliphatic heterocycles. The fraction of sp³-hybridized carbons (Fsp3) is 0.333. The Kier molecular flexibility index (Phi) is 5.72. The van der Waals surface area contributed by atoms with Crippen molar-refractivity contribution in [2.45, 2.75) is 20.0 Å². The molecule has 0 aromatic heterocycles. The lowest BCUT2D eigenvalue weighted by atomic mass is 10.1. The molecule has 104 valence electrons. The first-order chi connectivity index (χ1) is 9.06. The highest BCUT2D eigenvalue weighted by molar-refractivity contribution is 6.00. The maximum absolute atomic E-state index is 12.0. The van der Waals surface area contributed by atoms with E-state index in [1.165, 1.54) is 19.2 Å². The standard InChI is InChI=1S/C12H14F2N2O3/c1-3-10(16-19-12(17)15-2)8-4-6-9(7-5-8)18-11(13)14/h4-7,11H,3H2,1-2H3,(H,15,17)/b16-10+. The van der Waals surface area contributed by atoms with Crippen LogP contribution in [-0.4, -0.2) is 25.5 Å². The fourth-order valence-corrected chi connectivity index (χ4v) is 1.29. The molecule has 0 aliphatic rings. The van der Waals surface area contributed by atoms with Crippen molar-refractivity contribution in [2.75, 3.05) is 7.05 Å². The van der Waals surface area contributed by atoms with E-state index in [-0.39, 0.29) is 5.75 Å². The van der Waals surface area contributed by atoms with E-state index < -0.39 is 12.7 Å². The first-order valence-electron chi connectivity index (χ1n) is 5.57. The summed E-state index contributed by atoms with van der Waals surface area (Å²) in [5.74, 6) is 0.0569. The lowest BCUT2D eigenvalue weighted by molar-refractivity contribution is -0.0498. The molecule has 0 saturated heterocycles. The van der Waals surface area contributed by atoms with Gasteiger partial charge in [-0.3, -0.25) is 4.84 Å². The molecule has 5 nitrogen and oxygen atoms in total. The van der Waals surface area contributed by atoms with Gasteiger partial charge < -0.3 is 10.1 Å². The van der Waals surface area contributed by atoms with E-state index in [1.807, 2.05) is 6.92 Å². The first kappa shape index (κ1) is 14.9. The third-order valence-corrected chi connectivity index (χ3v) is 2.19. The van der Waals surface area contributed by atoms with Crippen molar-refractivity contribution in [2.24, 2.45) is 5.16 Å². The zero-order valence-electron chi connectivity index (χ0n) is 10.5. The molecule has 19 heavy (non-hydrogen) atoms. The molecule has 1 rings (SSSR count). The van der Waals surface area contributed by atoms with Crippen molar-refractivity contribution in [1.82, 2.24) is 5.32 Å². The van der Waals surface area contributed by atoms with Crippen LogP contribution in [0.25, 0.3) is 0 Å². The average molecular weight is 272 g/mol. The molecule has 1 aromatic carbocycles. The number of alkyl halides is 2. The quantitative estimate of drug-likeness (QED) is 0.509. The molecule has 0 saturated carbocycles. The number of amides is 1. The summed E-state index contributed by atoms with van der Waals surface area (Å²) < 4.78 is 28.2. The van der Waals surface area contributed by atoms with Gasteiger partial charge in [-0.15, -0.1) is 0 Å². The SMILES string of the molecule is CC/C(=N\OC(=O)NC)c1ccc(OC(F)F)cc1. The fourth-order valence-electron chi connectivity index (χ4n) is 1.29. The van der Waals surface area contributed by atoms with Crippen molar-refractivity contribution < 1.29 is 23.1 Å². The van der Waals surface area contributed by atoms with Crippen molar-refractivity contribution >= 4 is 11.8 Å². The lowest BCUT2D eigenvalue weighted by Gasteiger charge is -2.06. The average Bonchev–Trinajstić information content (AvgIpc) is 2.40. The molecule has 0 unspecified atom stereocenters. The lowest BCUT2D eigenvalue weighted by Crippen LogP contribution is -2.17. The number of hydrogen-bond acceptors (Lipinski definition) is 4. The summed E-state index contributed by atoms with van der Waals surface area (Å²) in [6.07, 6.45) is -0.157. The molecule has 0 heterocycles. The maximum Gasteiger partial charge on any atom is 0.433 e. The maximum atomic E-state index is 12.0. The van der Waals surface area contributed by atoms with Gasteiger partial charge in [0.2, 0.25) is 0 Å². The van der Waals surface area contributed by atoms with Crippen LogP contribution in [0.4, 0.5) is 13.6 Å². The van der Waals surface area contributed by atoms with Crippen LogP contribution in [0.15, 0.2) is 29.4 Å². The smallest absolute Gasteiger partial charge is 0.433 e. The number of rotatable bonds is 5. The summed E-state index contributed by atoms with van der Waals surface area (Å²) in [4.78, 5) is 15.5. The zero-order chi connectivity index (χ0) is 14.3. The van der Waals surface area contributed by atoms with Gasteiger partial charge >= 0.3 is 12.7 Å². The van der Waals surface area contributed by atoms with Gasteiger partial charge in [-0.05, 0) is 36.2 Å². The minimum Gasteiger partial charge on any atom is -0.435 e. The Morgan fingerprint density at radius 1 is 1.37 bits per heavy atom. The molecule has 1 N–H and O–H groups in total. The van der Waals surface area contributed by atoms with Crippen molar-refractivity contribution in [3.05, 3.63) is 29.8 Å². The van der Waals surface area contributed by atoms with Gasteiger partial charge in [0.15, 0.2) is 0 Å². The molecule has 1 aromatic rings. The molecule has 0 bridgehead atoms. The summed E-state index contributed by atoms with van der Waals surface area (Å²) in [5.41, 5.74) is 1.18. The number of oxime groups is 1. The Morgan fingerprint density at radius 2 is 2.00 bits per heavy atom. The Bertz CT molecular complexity index is 447. The van der Waals surface area contributed by atoms with Crippen LogP contribution < -0.4 is 10.1 Å². The molecule has 0 atom stereocenters. The second-order valence-electron chi connectivity index (χ2n) is 3.42. The van der Waals surface area contributed by atoms with Gasteiger partial charge in [-0.2, -0.15) is 8.78 Å². The highest BCUT2D eigenvalue weighted by Gasteiger charge is 2.07. The zero-order valence-corrected chi connectivity index (χ0v) is 10.5. The third kappa shape index (κ3) is 4.90. The molecule has 1 amide bonds. The van der Waals surface area contributed by atoms with Crippen LogP contribution in [0.2, 0.25) is 0 Å². The van der Waals surface area contributed by atoms with Gasteiger partial charge in [0, 0.05) is 7.05 Å². The minimum absolute atomic E-state index is 0.0569. The van der Waals surface area contributed by atoms with Gasteiger partial charge in [0.05, 0.1) is 5.71 Å². The summed E-state index contributed by atoms with van der Waals surface area (Å²) in [6, 6.07) is 5.92. The van der Waals surface area contributed by atoms with E-state index in [2.05, 4.69) is 20.0 Å². The van der Waals surface area contributed by atoms with E-state index in [4.69, 9.17) is 0 Å². The van der Waals surface area contributed by atoms with Crippen LogP contribution in [-0.2, 0) is 4.84 Å². The monoisotopic (exact) mass is 272 g/mol. The summed E-state index contributed by atoms with van der Waals surface area (Å²) >= 11 is 0. The third-order valence-electron chi connectivity index (χ3n) is 2.19. The highest BCUT2D eigenvalue weighted by atomic mass is 19.3. The van der Waals surface area contributed by atoms with Gasteiger partial charge in [0.1, 0.15) is 5.75 Å². The van der Waals surface area contributed by atoms with E-state index in [9.17, 15) is 13.6 Å². The Labute approximate surface area is 109 Å². The van der Waals surface area contributed by atoms with E-state index in [1.54, 1.807) is 12.1 Å². The van der Waals surface area contributed by atoms with Crippen molar-refractivity contribution in [1.29, 1.82) is 0 Å². The number of benzene rings is 1. The Hall–Kier alpha value is -2.18. The predicted octanol–water partition coefficient (Wildman–Crippen LogP) is 2.76. The molecule has 7 heteroatoms. The van der Waals surface area contributed by atoms with Crippen molar-refractivity contribution in [3.63, 3.8) is 0 Å². The largest absolute Gasteiger partial charge is 0.435 e. The van der Waals surface area contributed by atoms with Crippen LogP contribution in [0.3, 0.4) is 0 Å². The molecule has 0 fully saturated rings. The van der Waals surface area contributed by atoms with Crippen LogP contribution in [0.5, 0.6) is 5.75 Å². The topological polar surface area (TPSA) is 59.9 Å². The normalized spacial score (nSPS) is 11.3. The van der Waals surface area contributed by atoms with Crippen LogP contribution in [0, 0.1) is 0 Å². The molecular weight excluding hydrogens is 258 g/mol. The summed E-state index contributed by atoms with van der Waals surface area (Å²) in [5, 5.41) is 5.94. The molecule has 0 spiro atoms. The Balaban J connectivity index is 2.79. The first-order valence-corrected chi connectivity index (χ1v) is 5.57. The molecule has 0 aliphatic carbocycles. The van der Waals surface area contributed by atoms with Crippen molar-refractivity contribution in [3.8, 4) is 5.75 Å². The number of nitrogens with zero attached hydrogens (tertiary/aromatic N) is 1. The second-order valence-corrected chi connectivity index (χ2v) is 3.42. The number of ether oxygens (including phenoxy) is 1. The van der Waals surface area contributed by atoms with Crippen LogP contribution in [0.1, 0.15) is 18.9 Å². The number of nitrogens with one attached hydrogen (secondary N) is 1. The van der Waals surface area contributed by atoms with E-state index in [0.717, 1.165) is 0 Å². The number of carbonyl (C=O) groups is 1. The van der Waals surface area contributed by atoms with Gasteiger partial charge in [-0.1, -0.05) is 12.1 Å². The van der Waals surface area contributed by atoms with E-state index in [0.29, 0.717) is 17.7 Å². The van der Waals surface area contributed by atoms with E-state index >= 15 is 0 Å². The van der Waals surface area contributed by atoms with Gasteiger partial charge in [0.25, 0.3) is 0 Å². The Morgan fingerprint density at radius 3 is 2.47 bits per heavy atom. The second kappa shape index (κ2) is 7.30. The molecule has 0 radical (unpaired) electrons. The number of carbonyl (C=O) groups excluding carboxylic acids is 1. The number of hydrogen-bond donors (Lipinski definition) is 1. The highest BCUT2D eigenvalue weighted by Crippen LogP contribution is 2.16. The predicted molar refractivity (Wildman–Crippen MR) is 65.4 cm³/mol. The van der Waals surface area contributed by atoms with Crippen LogP contribution >= 0.6 is 0 Å². The van der Waals surface area contributed by atoms with Gasteiger partial charge in [-0.25, -0.2) is 4.79 Å². The minimum atomic E-state index is -2.86. The number of halogens is 2. The summed E-state index contributed by atoms with van der Waals surface area (Å²) in [7, 11) is 1.42.